The lowest BCUT2D eigenvalue weighted by molar-refractivity contribution is -0.0707. The molecular formula is C17H22N4O2S2. The zero-order valence-electron chi connectivity index (χ0n) is 14.6. The fourth-order valence-corrected chi connectivity index (χ4v) is 4.21. The molecule has 134 valence electrons. The number of carbonyl (C=O) groups is 1. The van der Waals surface area contributed by atoms with Crippen LogP contribution in [0.25, 0.3) is 0 Å². The highest BCUT2D eigenvalue weighted by Crippen LogP contribution is 2.22. The van der Waals surface area contributed by atoms with Gasteiger partial charge in [-0.2, -0.15) is 0 Å². The average molecular weight is 379 g/mol. The second-order valence-electron chi connectivity index (χ2n) is 6.11. The van der Waals surface area contributed by atoms with Crippen molar-refractivity contribution in [2.75, 3.05) is 24.7 Å². The molecule has 25 heavy (non-hydrogen) atoms. The smallest absolute Gasteiger partial charge is 0.260 e. The Labute approximate surface area is 156 Å². The molecule has 1 fully saturated rings. The normalized spacial score (nSPS) is 21.2. The van der Waals surface area contributed by atoms with Crippen molar-refractivity contribution < 1.29 is 9.53 Å². The summed E-state index contributed by atoms with van der Waals surface area (Å²) in [5.41, 5.74) is 1.54. The van der Waals surface area contributed by atoms with Crippen molar-refractivity contribution >= 4 is 34.1 Å². The lowest BCUT2D eigenvalue weighted by Crippen LogP contribution is -2.44. The standard InChI is InChI=1S/C17H22N4O2S2/c1-11-7-21(8-12(2)23-11)9-13-10-25-17(19-13)20-15(22)14-5-4-6-18-16(14)24-3/h4-6,10-12H,7-9H2,1-3H3,(H,19,20,22)/t11-,12+. The Morgan fingerprint density at radius 2 is 2.20 bits per heavy atom. The van der Waals surface area contributed by atoms with Crippen LogP contribution >= 0.6 is 23.1 Å². The van der Waals surface area contributed by atoms with Gasteiger partial charge in [0.2, 0.25) is 0 Å². The number of thiazole rings is 1. The van der Waals surface area contributed by atoms with Crippen molar-refractivity contribution in [3.63, 3.8) is 0 Å². The van der Waals surface area contributed by atoms with Gasteiger partial charge in [0.1, 0.15) is 5.03 Å². The van der Waals surface area contributed by atoms with Gasteiger partial charge in [0, 0.05) is 31.2 Å². The number of ether oxygens (including phenoxy) is 1. The molecule has 3 heterocycles. The van der Waals surface area contributed by atoms with E-state index in [-0.39, 0.29) is 18.1 Å². The lowest BCUT2D eigenvalue weighted by Gasteiger charge is -2.34. The van der Waals surface area contributed by atoms with E-state index in [1.165, 1.54) is 23.1 Å². The summed E-state index contributed by atoms with van der Waals surface area (Å²) in [6.45, 7) is 6.75. The summed E-state index contributed by atoms with van der Waals surface area (Å²) in [5, 5.41) is 6.21. The maximum Gasteiger partial charge on any atom is 0.260 e. The van der Waals surface area contributed by atoms with E-state index in [4.69, 9.17) is 4.74 Å². The number of nitrogens with zero attached hydrogens (tertiary/aromatic N) is 3. The van der Waals surface area contributed by atoms with Crippen LogP contribution in [0.1, 0.15) is 29.9 Å². The van der Waals surface area contributed by atoms with E-state index in [1.807, 2.05) is 11.6 Å². The highest BCUT2D eigenvalue weighted by Gasteiger charge is 2.23. The van der Waals surface area contributed by atoms with Gasteiger partial charge in [-0.05, 0) is 32.2 Å². The number of amides is 1. The largest absolute Gasteiger partial charge is 0.373 e. The molecule has 1 aliphatic heterocycles. The van der Waals surface area contributed by atoms with E-state index in [0.29, 0.717) is 15.7 Å². The maximum absolute atomic E-state index is 12.5. The van der Waals surface area contributed by atoms with Crippen LogP contribution in [0.5, 0.6) is 0 Å². The number of thioether (sulfide) groups is 1. The molecule has 1 amide bonds. The number of aromatic nitrogens is 2. The van der Waals surface area contributed by atoms with Crippen LogP contribution in [0.4, 0.5) is 5.13 Å². The third-order valence-electron chi connectivity index (χ3n) is 3.86. The summed E-state index contributed by atoms with van der Waals surface area (Å²) in [4.78, 5) is 23.6. The van der Waals surface area contributed by atoms with Gasteiger partial charge in [0.15, 0.2) is 5.13 Å². The van der Waals surface area contributed by atoms with Crippen LogP contribution in [0.15, 0.2) is 28.7 Å². The predicted octanol–water partition coefficient (Wildman–Crippen LogP) is 3.12. The van der Waals surface area contributed by atoms with Gasteiger partial charge in [0.05, 0.1) is 23.5 Å². The molecule has 0 bridgehead atoms. The Morgan fingerprint density at radius 3 is 2.92 bits per heavy atom. The molecule has 2 aromatic rings. The number of hydrogen-bond acceptors (Lipinski definition) is 7. The molecule has 1 N–H and O–H groups in total. The van der Waals surface area contributed by atoms with Crippen LogP contribution in [-0.4, -0.2) is 52.3 Å². The Bertz CT molecular complexity index is 727. The molecule has 8 heteroatoms. The van der Waals surface area contributed by atoms with Gasteiger partial charge in [-0.15, -0.1) is 23.1 Å². The zero-order valence-corrected chi connectivity index (χ0v) is 16.2. The summed E-state index contributed by atoms with van der Waals surface area (Å²) in [6, 6.07) is 3.54. The number of rotatable bonds is 5. The first-order valence-corrected chi connectivity index (χ1v) is 10.3. The molecule has 1 saturated heterocycles. The third kappa shape index (κ3) is 4.78. The molecule has 0 aromatic carbocycles. The monoisotopic (exact) mass is 378 g/mol. The molecule has 0 aliphatic carbocycles. The molecular weight excluding hydrogens is 356 g/mol. The van der Waals surface area contributed by atoms with Crippen LogP contribution < -0.4 is 5.32 Å². The molecule has 0 spiro atoms. The first-order chi connectivity index (χ1) is 12.0. The molecule has 3 rings (SSSR count). The maximum atomic E-state index is 12.5. The van der Waals surface area contributed by atoms with Gasteiger partial charge >= 0.3 is 0 Å². The Morgan fingerprint density at radius 1 is 1.44 bits per heavy atom. The second-order valence-corrected chi connectivity index (χ2v) is 7.76. The first-order valence-electron chi connectivity index (χ1n) is 8.17. The van der Waals surface area contributed by atoms with Crippen molar-refractivity contribution in [2.45, 2.75) is 37.6 Å². The minimum absolute atomic E-state index is 0.174. The van der Waals surface area contributed by atoms with Crippen molar-refractivity contribution in [2.24, 2.45) is 0 Å². The molecule has 1 aliphatic rings. The number of hydrogen-bond donors (Lipinski definition) is 1. The topological polar surface area (TPSA) is 67.4 Å². The third-order valence-corrected chi connectivity index (χ3v) is 5.38. The Hall–Kier alpha value is -1.48. The van der Waals surface area contributed by atoms with Gasteiger partial charge < -0.3 is 4.74 Å². The molecule has 6 nitrogen and oxygen atoms in total. The Balaban J connectivity index is 1.62. The SMILES string of the molecule is CSc1ncccc1C(=O)Nc1nc(CN2C[C@@H](C)O[C@@H](C)C2)cs1. The summed E-state index contributed by atoms with van der Waals surface area (Å²) in [5.74, 6) is -0.174. The first kappa shape index (κ1) is 18.3. The number of carbonyl (C=O) groups excluding carboxylic acids is 1. The summed E-state index contributed by atoms with van der Waals surface area (Å²) in [6.07, 6.45) is 4.06. The highest BCUT2D eigenvalue weighted by molar-refractivity contribution is 7.98. The van der Waals surface area contributed by atoms with Gasteiger partial charge in [-0.25, -0.2) is 9.97 Å². The predicted molar refractivity (Wildman–Crippen MR) is 101 cm³/mol. The van der Waals surface area contributed by atoms with Gasteiger partial charge in [0.25, 0.3) is 5.91 Å². The van der Waals surface area contributed by atoms with E-state index in [9.17, 15) is 4.79 Å². The zero-order chi connectivity index (χ0) is 17.8. The summed E-state index contributed by atoms with van der Waals surface area (Å²) < 4.78 is 5.76. The number of morpholine rings is 1. The number of nitrogens with one attached hydrogen (secondary N) is 1. The lowest BCUT2D eigenvalue weighted by atomic mass is 10.2. The van der Waals surface area contributed by atoms with Gasteiger partial charge in [-0.1, -0.05) is 0 Å². The van der Waals surface area contributed by atoms with E-state index in [1.54, 1.807) is 18.3 Å². The second kappa shape index (κ2) is 8.27. The Kier molecular flexibility index (Phi) is 6.06. The van der Waals surface area contributed by atoms with E-state index in [2.05, 4.69) is 34.0 Å². The van der Waals surface area contributed by atoms with E-state index in [0.717, 1.165) is 25.3 Å². The molecule has 0 saturated carbocycles. The van der Waals surface area contributed by atoms with E-state index >= 15 is 0 Å². The summed E-state index contributed by atoms with van der Waals surface area (Å²) in [7, 11) is 0. The van der Waals surface area contributed by atoms with Crippen LogP contribution in [0.3, 0.4) is 0 Å². The van der Waals surface area contributed by atoms with E-state index < -0.39 is 0 Å². The van der Waals surface area contributed by atoms with Crippen molar-refractivity contribution in [1.82, 2.24) is 14.9 Å². The quantitative estimate of drug-likeness (QED) is 0.807. The minimum Gasteiger partial charge on any atom is -0.373 e. The van der Waals surface area contributed by atoms with Crippen LogP contribution in [-0.2, 0) is 11.3 Å². The average Bonchev–Trinajstić information content (AvgIpc) is 3.00. The van der Waals surface area contributed by atoms with Gasteiger partial charge in [-0.3, -0.25) is 15.0 Å². The fourth-order valence-electron chi connectivity index (χ4n) is 2.97. The fraction of sp³-hybridized carbons (Fsp3) is 0.471. The van der Waals surface area contributed by atoms with Crippen LogP contribution in [0, 0.1) is 0 Å². The molecule has 2 atom stereocenters. The summed E-state index contributed by atoms with van der Waals surface area (Å²) >= 11 is 2.90. The minimum atomic E-state index is -0.174. The molecule has 2 aromatic heterocycles. The van der Waals surface area contributed by atoms with Crippen molar-refractivity contribution in [3.8, 4) is 0 Å². The molecule has 0 radical (unpaired) electrons. The van der Waals surface area contributed by atoms with Crippen LogP contribution in [0.2, 0.25) is 0 Å². The van der Waals surface area contributed by atoms with Crippen molar-refractivity contribution in [1.29, 1.82) is 0 Å². The van der Waals surface area contributed by atoms with Crippen molar-refractivity contribution in [3.05, 3.63) is 35.0 Å². The number of pyridine rings is 1. The highest BCUT2D eigenvalue weighted by atomic mass is 32.2. The number of anilines is 1. The molecule has 0 unspecified atom stereocenters.